The minimum atomic E-state index is -2.42. The van der Waals surface area contributed by atoms with Crippen LogP contribution in [0.25, 0.3) is 11.3 Å². The summed E-state index contributed by atoms with van der Waals surface area (Å²) in [5.41, 5.74) is 10.0. The number of hydrogen-bond donors (Lipinski definition) is 1. The smallest absolute Gasteiger partial charge is 0.268 e. The van der Waals surface area contributed by atoms with Crippen molar-refractivity contribution in [2.75, 3.05) is 5.06 Å². The molecule has 1 amide bonds. The van der Waals surface area contributed by atoms with Crippen LogP contribution in [0.2, 0.25) is 18.1 Å². The molecule has 0 saturated carbocycles. The Kier molecular flexibility index (Phi) is 9.14. The number of hydroxylamine groups is 1. The molecule has 0 radical (unpaired) electrons. The molecule has 0 bridgehead atoms. The molecule has 1 aromatic heterocycles. The van der Waals surface area contributed by atoms with Crippen LogP contribution >= 0.6 is 0 Å². The molecule has 1 heterocycles. The zero-order chi connectivity index (χ0) is 28.8. The quantitative estimate of drug-likeness (QED) is 0.176. The van der Waals surface area contributed by atoms with E-state index in [1.54, 1.807) is 6.07 Å². The van der Waals surface area contributed by atoms with Crippen LogP contribution in [0.15, 0.2) is 97.3 Å². The number of nitrogens with two attached hydrogens (primary N) is 1. The van der Waals surface area contributed by atoms with Gasteiger partial charge >= 0.3 is 0 Å². The number of rotatable bonds is 10. The summed E-state index contributed by atoms with van der Waals surface area (Å²) in [6.07, 6.45) is 1.84. The molecule has 1 unspecified atom stereocenters. The first-order valence-corrected chi connectivity index (χ1v) is 16.4. The lowest BCUT2D eigenvalue weighted by atomic mass is 10.1. The second kappa shape index (κ2) is 12.5. The van der Waals surface area contributed by atoms with E-state index in [0.29, 0.717) is 24.5 Å². The highest BCUT2D eigenvalue weighted by atomic mass is 28.4. The first-order chi connectivity index (χ1) is 19.0. The molecule has 0 fully saturated rings. The molecule has 3 aromatic carbocycles. The van der Waals surface area contributed by atoms with Gasteiger partial charge in [-0.05, 0) is 59.9 Å². The number of carbonyl (C=O) groups excluding carboxylic acids is 1. The highest BCUT2D eigenvalue weighted by molar-refractivity contribution is 6.74. The molecule has 0 saturated heterocycles. The Labute approximate surface area is 238 Å². The summed E-state index contributed by atoms with van der Waals surface area (Å²) in [6.45, 7) is 11.0. The molecule has 7 nitrogen and oxygen atoms in total. The van der Waals surface area contributed by atoms with E-state index >= 15 is 0 Å². The maximum Gasteiger partial charge on any atom is 0.268 e. The van der Waals surface area contributed by atoms with Crippen molar-refractivity contribution in [3.63, 3.8) is 0 Å². The number of amides is 1. The Morgan fingerprint density at radius 2 is 1.50 bits per heavy atom. The van der Waals surface area contributed by atoms with Gasteiger partial charge in [-0.25, -0.2) is 9.97 Å². The summed E-state index contributed by atoms with van der Waals surface area (Å²) >= 11 is 0. The normalized spacial score (nSPS) is 12.6. The Balaban J connectivity index is 1.57. The zero-order valence-electron chi connectivity index (χ0n) is 23.9. The molecule has 0 spiro atoms. The first-order valence-electron chi connectivity index (χ1n) is 13.5. The predicted octanol–water partition coefficient (Wildman–Crippen LogP) is 6.56. The average molecular weight is 555 g/mol. The summed E-state index contributed by atoms with van der Waals surface area (Å²) in [6, 6.07) is 28.4. The van der Waals surface area contributed by atoms with Crippen molar-refractivity contribution in [2.24, 2.45) is 5.73 Å². The van der Waals surface area contributed by atoms with Crippen molar-refractivity contribution in [3.05, 3.63) is 108 Å². The van der Waals surface area contributed by atoms with Gasteiger partial charge in [0, 0.05) is 11.6 Å². The third kappa shape index (κ3) is 7.41. The fraction of sp³-hybridized carbons (Fsp3) is 0.281. The van der Waals surface area contributed by atoms with Gasteiger partial charge in [0.15, 0.2) is 5.82 Å². The van der Waals surface area contributed by atoms with Gasteiger partial charge in [0.25, 0.3) is 5.91 Å². The predicted molar refractivity (Wildman–Crippen MR) is 162 cm³/mol. The fourth-order valence-electron chi connectivity index (χ4n) is 3.75. The van der Waals surface area contributed by atoms with Gasteiger partial charge < -0.3 is 15.0 Å². The number of hydrogen-bond acceptors (Lipinski definition) is 6. The van der Waals surface area contributed by atoms with Gasteiger partial charge in [0.2, 0.25) is 8.32 Å². The summed E-state index contributed by atoms with van der Waals surface area (Å²) in [5, 5.41) is 1.16. The molecule has 1 atom stereocenters. The lowest BCUT2D eigenvalue weighted by Gasteiger charge is -2.39. The molecule has 4 aromatic rings. The first kappa shape index (κ1) is 29.1. The van der Waals surface area contributed by atoms with Gasteiger partial charge in [-0.15, -0.1) is 0 Å². The van der Waals surface area contributed by atoms with E-state index in [1.165, 1.54) is 11.4 Å². The number of aromatic nitrogens is 2. The lowest BCUT2D eigenvalue weighted by molar-refractivity contribution is -0.124. The molecule has 0 aliphatic heterocycles. The molecule has 0 aliphatic carbocycles. The van der Waals surface area contributed by atoms with E-state index in [2.05, 4.69) is 43.8 Å². The van der Waals surface area contributed by atoms with Crippen LogP contribution in [0.4, 0.5) is 5.82 Å². The van der Waals surface area contributed by atoms with E-state index in [4.69, 9.17) is 15.0 Å². The number of ether oxygens (including phenoxy) is 1. The number of carbonyl (C=O) groups is 1. The summed E-state index contributed by atoms with van der Waals surface area (Å²) in [5.74, 6) is 0.766. The zero-order valence-corrected chi connectivity index (χ0v) is 24.9. The van der Waals surface area contributed by atoms with Crippen LogP contribution in [0, 0.1) is 0 Å². The van der Waals surface area contributed by atoms with Crippen molar-refractivity contribution in [1.29, 1.82) is 0 Å². The maximum atomic E-state index is 13.8. The van der Waals surface area contributed by atoms with E-state index < -0.39 is 14.4 Å². The van der Waals surface area contributed by atoms with Gasteiger partial charge in [0.1, 0.15) is 18.7 Å². The minimum absolute atomic E-state index is 0.138. The van der Waals surface area contributed by atoms with E-state index in [9.17, 15) is 4.79 Å². The van der Waals surface area contributed by atoms with Crippen LogP contribution in [-0.4, -0.2) is 30.2 Å². The Morgan fingerprint density at radius 1 is 0.900 bits per heavy atom. The average Bonchev–Trinajstić information content (AvgIpc) is 2.95. The monoisotopic (exact) mass is 554 g/mol. The third-order valence-electron chi connectivity index (χ3n) is 7.20. The van der Waals surface area contributed by atoms with Gasteiger partial charge in [-0.1, -0.05) is 81.4 Å². The molecule has 40 heavy (non-hydrogen) atoms. The number of anilines is 1. The van der Waals surface area contributed by atoms with Crippen molar-refractivity contribution >= 4 is 20.0 Å². The SMILES string of the molecule is CC(C)(C)[Si](C)(C)ON(C(=O)C(N)Cc1ccccc1)c1cc(-c2ccc(OCc3ccccc3)cc2)ncn1. The van der Waals surface area contributed by atoms with Crippen molar-refractivity contribution in [1.82, 2.24) is 9.97 Å². The molecular weight excluding hydrogens is 516 g/mol. The van der Waals surface area contributed by atoms with E-state index in [-0.39, 0.29) is 10.9 Å². The summed E-state index contributed by atoms with van der Waals surface area (Å²) in [7, 11) is -2.42. The number of benzene rings is 3. The Bertz CT molecular complexity index is 1390. The van der Waals surface area contributed by atoms with Gasteiger partial charge in [-0.2, -0.15) is 5.06 Å². The molecular formula is C32H38N4O3Si. The standard InChI is InChI=1S/C32H38N4O3Si/c1-32(2,3)40(4,5)39-36(31(37)28(33)20-24-12-8-6-9-13-24)30-21-29(34-23-35-30)26-16-18-27(19-17-26)38-22-25-14-10-7-11-15-25/h6-19,21,23,28H,20,22,33H2,1-5H3. The van der Waals surface area contributed by atoms with Crippen molar-refractivity contribution < 1.29 is 14.1 Å². The molecule has 0 aliphatic rings. The van der Waals surface area contributed by atoms with E-state index in [0.717, 1.165) is 22.4 Å². The topological polar surface area (TPSA) is 90.6 Å². The van der Waals surface area contributed by atoms with Crippen molar-refractivity contribution in [2.45, 2.75) is 58.0 Å². The van der Waals surface area contributed by atoms with Crippen molar-refractivity contribution in [3.8, 4) is 17.0 Å². The maximum absolute atomic E-state index is 13.8. The van der Waals surface area contributed by atoms with Crippen LogP contribution in [-0.2, 0) is 22.3 Å². The van der Waals surface area contributed by atoms with Crippen LogP contribution in [0.5, 0.6) is 5.75 Å². The largest absolute Gasteiger partial charge is 0.489 e. The third-order valence-corrected chi connectivity index (χ3v) is 11.5. The lowest BCUT2D eigenvalue weighted by Crippen LogP contribution is -2.53. The molecule has 208 valence electrons. The van der Waals surface area contributed by atoms with Gasteiger partial charge in [0.05, 0.1) is 11.7 Å². The van der Waals surface area contributed by atoms with E-state index in [1.807, 2.05) is 84.9 Å². The van der Waals surface area contributed by atoms with Gasteiger partial charge in [-0.3, -0.25) is 4.79 Å². The molecule has 4 rings (SSSR count). The highest BCUT2D eigenvalue weighted by Gasteiger charge is 2.42. The number of nitrogens with zero attached hydrogens (tertiary/aromatic N) is 3. The highest BCUT2D eigenvalue weighted by Crippen LogP contribution is 2.38. The Morgan fingerprint density at radius 3 is 2.10 bits per heavy atom. The van der Waals surface area contributed by atoms with Crippen LogP contribution in [0.3, 0.4) is 0 Å². The minimum Gasteiger partial charge on any atom is -0.489 e. The van der Waals surface area contributed by atoms with Crippen LogP contribution < -0.4 is 15.5 Å². The molecule has 8 heteroatoms. The van der Waals surface area contributed by atoms with Crippen LogP contribution in [0.1, 0.15) is 31.9 Å². The summed E-state index contributed by atoms with van der Waals surface area (Å²) in [4.78, 5) is 22.7. The second-order valence-corrected chi connectivity index (χ2v) is 16.0. The molecule has 2 N–H and O–H groups in total. The summed E-state index contributed by atoms with van der Waals surface area (Å²) < 4.78 is 12.4. The Hall–Kier alpha value is -3.85. The fourth-order valence-corrected chi connectivity index (χ4v) is 4.67. The second-order valence-electron chi connectivity index (χ2n) is 11.3.